The molecule has 180 valence electrons. The normalized spacial score (nSPS) is 17.2. The Morgan fingerprint density at radius 2 is 1.80 bits per heavy atom. The number of hydrogen-bond donors (Lipinski definition) is 1. The molecule has 0 aromatic heterocycles. The number of urea groups is 1. The summed E-state index contributed by atoms with van der Waals surface area (Å²) in [6.07, 6.45) is 6.24. The third kappa shape index (κ3) is 4.84. The number of anilines is 2. The number of aryl methyl sites for hydroxylation is 1. The van der Waals surface area contributed by atoms with Crippen LogP contribution in [0.15, 0.2) is 72.8 Å². The second-order valence-electron chi connectivity index (χ2n) is 9.56. The molecule has 2 aliphatic rings. The van der Waals surface area contributed by atoms with Gasteiger partial charge in [0, 0.05) is 30.3 Å². The van der Waals surface area contributed by atoms with Crippen LogP contribution in [-0.4, -0.2) is 37.1 Å². The lowest BCUT2D eigenvalue weighted by atomic mass is 9.74. The summed E-state index contributed by atoms with van der Waals surface area (Å²) < 4.78 is 27.4. The number of rotatable bonds is 4. The van der Waals surface area contributed by atoms with Crippen LogP contribution >= 0.6 is 0 Å². The molecule has 4 nitrogen and oxygen atoms in total. The zero-order valence-corrected chi connectivity index (χ0v) is 19.8. The van der Waals surface area contributed by atoms with Gasteiger partial charge in [-0.1, -0.05) is 60.2 Å². The predicted octanol–water partition coefficient (Wildman–Crippen LogP) is 6.37. The fourth-order valence-electron chi connectivity index (χ4n) is 5.23. The third-order valence-electron chi connectivity index (χ3n) is 7.18. The van der Waals surface area contributed by atoms with Crippen LogP contribution < -0.4 is 10.2 Å². The van der Waals surface area contributed by atoms with E-state index < -0.39 is 17.7 Å². The first-order chi connectivity index (χ1) is 16.9. The number of piperidine rings is 1. The van der Waals surface area contributed by atoms with Gasteiger partial charge in [0.25, 0.3) is 0 Å². The molecule has 0 aliphatic carbocycles. The van der Waals surface area contributed by atoms with Gasteiger partial charge >= 0.3 is 6.03 Å². The number of benzene rings is 3. The summed E-state index contributed by atoms with van der Waals surface area (Å²) in [5.41, 5.74) is 4.26. The summed E-state index contributed by atoms with van der Waals surface area (Å²) in [5, 5.41) is 2.63. The highest BCUT2D eigenvalue weighted by Gasteiger charge is 2.46. The molecule has 0 atom stereocenters. The number of carbonyl (C=O) groups excluding carboxylic acids is 1. The molecule has 6 heteroatoms. The van der Waals surface area contributed by atoms with Crippen molar-refractivity contribution in [2.45, 2.75) is 25.2 Å². The minimum atomic E-state index is -0.784. The van der Waals surface area contributed by atoms with Crippen molar-refractivity contribution in [1.82, 2.24) is 4.90 Å². The molecule has 3 aromatic rings. The summed E-state index contributed by atoms with van der Waals surface area (Å²) >= 11 is 0. The first-order valence-electron chi connectivity index (χ1n) is 12.0. The fraction of sp³-hybridized carbons (Fsp3) is 0.276. The Bertz CT molecular complexity index is 1250. The lowest BCUT2D eigenvalue weighted by Crippen LogP contribution is -2.46. The van der Waals surface area contributed by atoms with E-state index in [1.54, 1.807) is 4.90 Å². The van der Waals surface area contributed by atoms with Gasteiger partial charge in [0.1, 0.15) is 11.6 Å². The largest absolute Gasteiger partial charge is 0.326 e. The van der Waals surface area contributed by atoms with E-state index in [0.29, 0.717) is 6.54 Å². The van der Waals surface area contributed by atoms with E-state index in [-0.39, 0.29) is 11.1 Å². The number of hydrogen-bond acceptors (Lipinski definition) is 2. The highest BCUT2D eigenvalue weighted by molar-refractivity contribution is 6.03. The first-order valence-corrected chi connectivity index (χ1v) is 12.0. The lowest BCUT2D eigenvalue weighted by molar-refractivity contribution is 0.180. The molecule has 0 saturated carbocycles. The fourth-order valence-corrected chi connectivity index (χ4v) is 5.23. The van der Waals surface area contributed by atoms with Gasteiger partial charge in [-0.2, -0.15) is 0 Å². The number of likely N-dealkylation sites (tertiary alicyclic amines) is 1. The van der Waals surface area contributed by atoms with E-state index in [1.807, 2.05) is 30.3 Å². The molecule has 2 heterocycles. The summed E-state index contributed by atoms with van der Waals surface area (Å²) in [6.45, 7) is 5.38. The molecule has 35 heavy (non-hydrogen) atoms. The SMILES string of the molecule is Cc1ccc2c(c1)C1(CCN(CC=Cc3ccccc3)CC1)CN2C(=O)Nc1ccc(F)cc1F. The van der Waals surface area contributed by atoms with E-state index >= 15 is 0 Å². The van der Waals surface area contributed by atoms with Crippen LogP contribution in [0.5, 0.6) is 0 Å². The lowest BCUT2D eigenvalue weighted by Gasteiger charge is -2.39. The van der Waals surface area contributed by atoms with E-state index in [2.05, 4.69) is 47.5 Å². The van der Waals surface area contributed by atoms with Gasteiger partial charge in [-0.05, 0) is 62.2 Å². The molecule has 0 unspecified atom stereocenters. The summed E-state index contributed by atoms with van der Waals surface area (Å²) in [4.78, 5) is 17.4. The maximum Gasteiger partial charge on any atom is 0.326 e. The second kappa shape index (κ2) is 9.62. The maximum absolute atomic E-state index is 14.2. The van der Waals surface area contributed by atoms with Crippen molar-refractivity contribution < 1.29 is 13.6 Å². The zero-order valence-electron chi connectivity index (χ0n) is 19.8. The van der Waals surface area contributed by atoms with Crippen molar-refractivity contribution in [2.24, 2.45) is 0 Å². The number of amides is 2. The van der Waals surface area contributed by atoms with Crippen LogP contribution in [0.1, 0.15) is 29.5 Å². The van der Waals surface area contributed by atoms with E-state index in [0.717, 1.165) is 55.9 Å². The number of nitrogens with one attached hydrogen (secondary N) is 1. The number of carbonyl (C=O) groups is 1. The molecule has 1 spiro atoms. The van der Waals surface area contributed by atoms with Crippen molar-refractivity contribution in [3.8, 4) is 0 Å². The number of fused-ring (bicyclic) bond motifs is 2. The van der Waals surface area contributed by atoms with Crippen LogP contribution in [0, 0.1) is 18.6 Å². The van der Waals surface area contributed by atoms with Crippen LogP contribution in [0.4, 0.5) is 25.0 Å². The molecule has 5 rings (SSSR count). The summed E-state index contributed by atoms with van der Waals surface area (Å²) in [5.74, 6) is -1.46. The summed E-state index contributed by atoms with van der Waals surface area (Å²) in [7, 11) is 0. The molecule has 1 fully saturated rings. The predicted molar refractivity (Wildman–Crippen MR) is 137 cm³/mol. The van der Waals surface area contributed by atoms with Crippen molar-refractivity contribution in [1.29, 1.82) is 0 Å². The Morgan fingerprint density at radius 3 is 2.54 bits per heavy atom. The van der Waals surface area contributed by atoms with Gasteiger partial charge in [0.05, 0.1) is 5.69 Å². The Balaban J connectivity index is 1.30. The van der Waals surface area contributed by atoms with Gasteiger partial charge in [-0.3, -0.25) is 9.80 Å². The van der Waals surface area contributed by atoms with Crippen LogP contribution in [0.3, 0.4) is 0 Å². The molecule has 0 bridgehead atoms. The van der Waals surface area contributed by atoms with Crippen molar-refractivity contribution in [2.75, 3.05) is 36.4 Å². The smallest absolute Gasteiger partial charge is 0.305 e. The number of halogens is 2. The molecule has 3 aromatic carbocycles. The minimum absolute atomic E-state index is 0.0222. The molecular weight excluding hydrogens is 444 g/mol. The van der Waals surface area contributed by atoms with Gasteiger partial charge in [0.2, 0.25) is 0 Å². The zero-order chi connectivity index (χ0) is 24.4. The van der Waals surface area contributed by atoms with E-state index in [1.165, 1.54) is 17.2 Å². The van der Waals surface area contributed by atoms with Gasteiger partial charge in [-0.15, -0.1) is 0 Å². The van der Waals surface area contributed by atoms with Crippen LogP contribution in [0.25, 0.3) is 6.08 Å². The standard InChI is InChI=1S/C29H29F2N3O/c1-21-9-12-27-24(18-21)29(20-34(27)28(35)32-26-11-10-23(30)19-25(26)31)13-16-33(17-14-29)15-5-8-22-6-3-2-4-7-22/h2-12,18-19H,13-17,20H2,1H3,(H,32,35). The highest BCUT2D eigenvalue weighted by atomic mass is 19.1. The molecule has 1 saturated heterocycles. The van der Waals surface area contributed by atoms with Gasteiger partial charge in [0.15, 0.2) is 0 Å². The first kappa shape index (κ1) is 23.2. The Hall–Kier alpha value is -3.51. The quantitative estimate of drug-likeness (QED) is 0.478. The number of nitrogens with zero attached hydrogens (tertiary/aromatic N) is 2. The molecule has 0 radical (unpaired) electrons. The summed E-state index contributed by atoms with van der Waals surface area (Å²) in [6, 6.07) is 19.2. The topological polar surface area (TPSA) is 35.6 Å². The van der Waals surface area contributed by atoms with E-state index in [4.69, 9.17) is 0 Å². The van der Waals surface area contributed by atoms with Gasteiger partial charge in [-0.25, -0.2) is 13.6 Å². The monoisotopic (exact) mass is 473 g/mol. The molecular formula is C29H29F2N3O. The molecule has 1 N–H and O–H groups in total. The van der Waals surface area contributed by atoms with Crippen LogP contribution in [0.2, 0.25) is 0 Å². The van der Waals surface area contributed by atoms with Gasteiger partial charge < -0.3 is 5.32 Å². The average molecular weight is 474 g/mol. The minimum Gasteiger partial charge on any atom is -0.305 e. The Kier molecular flexibility index (Phi) is 6.39. The average Bonchev–Trinajstić information content (AvgIpc) is 3.16. The second-order valence-corrected chi connectivity index (χ2v) is 9.56. The highest BCUT2D eigenvalue weighted by Crippen LogP contribution is 2.47. The van der Waals surface area contributed by atoms with Crippen molar-refractivity contribution in [3.05, 3.63) is 101 Å². The Morgan fingerprint density at radius 1 is 1.03 bits per heavy atom. The Labute approximate surface area is 204 Å². The molecule has 2 aliphatic heterocycles. The van der Waals surface area contributed by atoms with Crippen molar-refractivity contribution >= 4 is 23.5 Å². The van der Waals surface area contributed by atoms with Crippen LogP contribution in [-0.2, 0) is 5.41 Å². The van der Waals surface area contributed by atoms with E-state index in [9.17, 15) is 13.6 Å². The van der Waals surface area contributed by atoms with Crippen molar-refractivity contribution in [3.63, 3.8) is 0 Å². The maximum atomic E-state index is 14.2. The third-order valence-corrected chi connectivity index (χ3v) is 7.18. The molecule has 2 amide bonds.